The van der Waals surface area contributed by atoms with Crippen LogP contribution in [0.3, 0.4) is 0 Å². The molecule has 0 aliphatic heterocycles. The maximum atomic E-state index is 11.3. The highest BCUT2D eigenvalue weighted by Crippen LogP contribution is 2.31. The van der Waals surface area contributed by atoms with Gasteiger partial charge in [-0.3, -0.25) is 9.97 Å². The zero-order valence-corrected chi connectivity index (χ0v) is 19.0. The molecule has 0 amide bonds. The molecule has 1 N–H and O–H groups in total. The quantitative estimate of drug-likeness (QED) is 0.337. The maximum Gasteiger partial charge on any atom is 0.337 e. The Morgan fingerprint density at radius 1 is 0.667 bits per heavy atom. The van der Waals surface area contributed by atoms with Gasteiger partial charge in [-0.25, -0.2) is 14.5 Å². The number of hydrogen-bond acceptors (Lipinski definition) is 5. The van der Waals surface area contributed by atoms with E-state index in [1.807, 2.05) is 42.5 Å². The van der Waals surface area contributed by atoms with E-state index in [-0.39, 0.29) is 5.56 Å². The molecule has 0 atom stereocenters. The van der Waals surface area contributed by atoms with Crippen molar-refractivity contribution in [3.05, 3.63) is 115 Å². The normalized spacial score (nSPS) is 11.0. The SMILES string of the molecule is O=C(O)c1ccc(-n2nc(-c3ccc4nccnc4c3)cc2-c2ccc(-c3ccccc3)cc2)nc1. The summed E-state index contributed by atoms with van der Waals surface area (Å²) in [4.78, 5) is 24.4. The molecule has 0 radical (unpaired) electrons. The van der Waals surface area contributed by atoms with Crippen LogP contribution in [0.5, 0.6) is 0 Å². The summed E-state index contributed by atoms with van der Waals surface area (Å²) in [5.41, 5.74) is 7.39. The van der Waals surface area contributed by atoms with E-state index < -0.39 is 5.97 Å². The third kappa shape index (κ3) is 3.99. The molecular formula is C29H19N5O2. The second-order valence-electron chi connectivity index (χ2n) is 8.24. The molecule has 3 aromatic carbocycles. The number of carboxylic acids is 1. The number of hydrogen-bond donors (Lipinski definition) is 1. The number of carboxylic acid groups (broad SMARTS) is 1. The average molecular weight is 470 g/mol. The lowest BCUT2D eigenvalue weighted by Crippen LogP contribution is -2.04. The largest absolute Gasteiger partial charge is 0.478 e. The molecule has 172 valence electrons. The van der Waals surface area contributed by atoms with Crippen molar-refractivity contribution >= 4 is 17.0 Å². The van der Waals surface area contributed by atoms with Gasteiger partial charge in [-0.2, -0.15) is 5.10 Å². The summed E-state index contributed by atoms with van der Waals surface area (Å²) >= 11 is 0. The highest BCUT2D eigenvalue weighted by Gasteiger charge is 2.16. The van der Waals surface area contributed by atoms with Gasteiger partial charge in [0.15, 0.2) is 5.82 Å². The van der Waals surface area contributed by atoms with Crippen molar-refractivity contribution < 1.29 is 9.90 Å². The molecule has 0 fully saturated rings. The molecule has 6 aromatic rings. The van der Waals surface area contributed by atoms with Gasteiger partial charge in [0.2, 0.25) is 0 Å². The van der Waals surface area contributed by atoms with Crippen molar-refractivity contribution in [2.24, 2.45) is 0 Å². The summed E-state index contributed by atoms with van der Waals surface area (Å²) in [6, 6.07) is 29.5. The lowest BCUT2D eigenvalue weighted by atomic mass is 10.0. The van der Waals surface area contributed by atoms with Gasteiger partial charge in [0.05, 0.1) is 28.0 Å². The van der Waals surface area contributed by atoms with E-state index in [9.17, 15) is 9.90 Å². The number of carbonyl (C=O) groups is 1. The number of rotatable bonds is 5. The first-order valence-electron chi connectivity index (χ1n) is 11.3. The Balaban J connectivity index is 1.47. The van der Waals surface area contributed by atoms with Crippen molar-refractivity contribution in [3.8, 4) is 39.5 Å². The van der Waals surface area contributed by atoms with Crippen LogP contribution in [0.4, 0.5) is 0 Å². The molecule has 36 heavy (non-hydrogen) atoms. The number of fused-ring (bicyclic) bond motifs is 1. The fourth-order valence-corrected chi connectivity index (χ4v) is 4.13. The van der Waals surface area contributed by atoms with Crippen LogP contribution in [-0.2, 0) is 0 Å². The lowest BCUT2D eigenvalue weighted by Gasteiger charge is -2.08. The smallest absolute Gasteiger partial charge is 0.337 e. The highest BCUT2D eigenvalue weighted by atomic mass is 16.4. The summed E-state index contributed by atoms with van der Waals surface area (Å²) in [6.45, 7) is 0. The molecule has 0 saturated carbocycles. The molecule has 6 rings (SSSR count). The minimum atomic E-state index is -1.02. The summed E-state index contributed by atoms with van der Waals surface area (Å²) in [7, 11) is 0. The molecule has 0 unspecified atom stereocenters. The number of aromatic carboxylic acids is 1. The molecule has 0 aliphatic rings. The van der Waals surface area contributed by atoms with Crippen molar-refractivity contribution in [2.75, 3.05) is 0 Å². The van der Waals surface area contributed by atoms with Gasteiger partial charge < -0.3 is 5.11 Å². The summed E-state index contributed by atoms with van der Waals surface area (Å²) < 4.78 is 1.74. The maximum absolute atomic E-state index is 11.3. The first-order chi connectivity index (χ1) is 17.7. The first kappa shape index (κ1) is 21.4. The standard InChI is InChI=1S/C29H19N5O2/c35-29(36)23-11-13-28(32-18-23)34-27(21-8-6-20(7-9-21)19-4-2-1-3-5-19)17-25(33-34)22-10-12-24-26(16-22)31-15-14-30-24/h1-18H,(H,35,36). The zero-order valence-electron chi connectivity index (χ0n) is 19.0. The van der Waals surface area contributed by atoms with E-state index in [1.165, 1.54) is 12.3 Å². The predicted molar refractivity (Wildman–Crippen MR) is 138 cm³/mol. The van der Waals surface area contributed by atoms with Crippen LogP contribution in [0.15, 0.2) is 110 Å². The third-order valence-electron chi connectivity index (χ3n) is 5.97. The Labute approximate surface area is 206 Å². The first-order valence-corrected chi connectivity index (χ1v) is 11.3. The van der Waals surface area contributed by atoms with Crippen LogP contribution < -0.4 is 0 Å². The Kier molecular flexibility index (Phi) is 5.27. The number of benzene rings is 3. The van der Waals surface area contributed by atoms with Crippen LogP contribution in [0, 0.1) is 0 Å². The van der Waals surface area contributed by atoms with Crippen LogP contribution >= 0.6 is 0 Å². The van der Waals surface area contributed by atoms with Crippen LogP contribution in [0.25, 0.3) is 50.5 Å². The fraction of sp³-hybridized carbons (Fsp3) is 0. The Morgan fingerprint density at radius 2 is 1.36 bits per heavy atom. The zero-order chi connectivity index (χ0) is 24.5. The van der Waals surface area contributed by atoms with Crippen LogP contribution in [0.1, 0.15) is 10.4 Å². The third-order valence-corrected chi connectivity index (χ3v) is 5.97. The van der Waals surface area contributed by atoms with E-state index in [0.29, 0.717) is 5.82 Å². The van der Waals surface area contributed by atoms with Gasteiger partial charge >= 0.3 is 5.97 Å². The minimum Gasteiger partial charge on any atom is -0.478 e. The fourth-order valence-electron chi connectivity index (χ4n) is 4.13. The summed E-state index contributed by atoms with van der Waals surface area (Å²) in [5.74, 6) is -0.502. The number of aromatic nitrogens is 5. The predicted octanol–water partition coefficient (Wildman–Crippen LogP) is 5.91. The lowest BCUT2D eigenvalue weighted by molar-refractivity contribution is 0.0696. The van der Waals surface area contributed by atoms with Crippen LogP contribution in [0.2, 0.25) is 0 Å². The molecule has 0 aliphatic carbocycles. The molecular weight excluding hydrogens is 450 g/mol. The second kappa shape index (κ2) is 8.88. The Bertz CT molecular complexity index is 1690. The number of pyridine rings is 1. The van der Waals surface area contributed by atoms with Crippen molar-refractivity contribution in [1.29, 1.82) is 0 Å². The van der Waals surface area contributed by atoms with Crippen molar-refractivity contribution in [1.82, 2.24) is 24.7 Å². The van der Waals surface area contributed by atoms with Gasteiger partial charge in [-0.15, -0.1) is 0 Å². The minimum absolute atomic E-state index is 0.119. The Morgan fingerprint density at radius 3 is 2.08 bits per heavy atom. The van der Waals surface area contributed by atoms with Gasteiger partial charge in [0.1, 0.15) is 0 Å². The number of nitrogens with zero attached hydrogens (tertiary/aromatic N) is 5. The highest BCUT2D eigenvalue weighted by molar-refractivity contribution is 5.87. The Hall–Kier alpha value is -5.17. The molecule has 3 heterocycles. The van der Waals surface area contributed by atoms with Gasteiger partial charge in [-0.1, -0.05) is 60.7 Å². The van der Waals surface area contributed by atoms with E-state index in [0.717, 1.165) is 44.7 Å². The van der Waals surface area contributed by atoms with E-state index in [2.05, 4.69) is 51.4 Å². The topological polar surface area (TPSA) is 93.8 Å². The van der Waals surface area contributed by atoms with Gasteiger partial charge in [0.25, 0.3) is 0 Å². The summed E-state index contributed by atoms with van der Waals surface area (Å²) in [5, 5.41) is 14.1. The van der Waals surface area contributed by atoms with Crippen LogP contribution in [-0.4, -0.2) is 35.8 Å². The molecule has 0 saturated heterocycles. The van der Waals surface area contributed by atoms with E-state index >= 15 is 0 Å². The molecule has 3 aromatic heterocycles. The van der Waals surface area contributed by atoms with Gasteiger partial charge in [-0.05, 0) is 41.5 Å². The van der Waals surface area contributed by atoms with Crippen molar-refractivity contribution in [3.63, 3.8) is 0 Å². The van der Waals surface area contributed by atoms with Crippen molar-refractivity contribution in [2.45, 2.75) is 0 Å². The second-order valence-corrected chi connectivity index (χ2v) is 8.24. The van der Waals surface area contributed by atoms with Gasteiger partial charge in [0, 0.05) is 29.7 Å². The molecule has 7 nitrogen and oxygen atoms in total. The molecule has 0 bridgehead atoms. The molecule has 0 spiro atoms. The van der Waals surface area contributed by atoms with E-state index in [1.54, 1.807) is 23.1 Å². The summed E-state index contributed by atoms with van der Waals surface area (Å²) in [6.07, 6.45) is 4.67. The monoisotopic (exact) mass is 469 g/mol. The molecule has 7 heteroatoms. The average Bonchev–Trinajstić information content (AvgIpc) is 3.39. The van der Waals surface area contributed by atoms with E-state index in [4.69, 9.17) is 5.10 Å².